The van der Waals surface area contributed by atoms with Crippen LogP contribution in [0.15, 0.2) is 24.5 Å². The molecule has 1 aromatic carbocycles. The molecule has 3 rings (SSSR count). The van der Waals surface area contributed by atoms with Crippen LogP contribution in [-0.4, -0.2) is 27.3 Å². The number of rotatable bonds is 6. The summed E-state index contributed by atoms with van der Waals surface area (Å²) >= 11 is 0. The van der Waals surface area contributed by atoms with Crippen LogP contribution in [0.3, 0.4) is 0 Å². The SMILES string of the molecule is CC1(C)Cc2cc(CNCCCc3ncn[nH]3)ccc2O1. The third-order valence-electron chi connectivity index (χ3n) is 3.69. The molecule has 0 saturated heterocycles. The number of fused-ring (bicyclic) bond motifs is 1. The van der Waals surface area contributed by atoms with E-state index in [0.717, 1.165) is 43.9 Å². The molecule has 2 heterocycles. The van der Waals surface area contributed by atoms with Gasteiger partial charge in [-0.1, -0.05) is 12.1 Å². The first-order valence-electron chi connectivity index (χ1n) is 7.48. The molecule has 0 spiro atoms. The van der Waals surface area contributed by atoms with Gasteiger partial charge in [0.15, 0.2) is 0 Å². The van der Waals surface area contributed by atoms with E-state index in [1.807, 2.05) is 0 Å². The number of ether oxygens (including phenoxy) is 1. The van der Waals surface area contributed by atoms with Crippen LogP contribution in [0.1, 0.15) is 37.2 Å². The Morgan fingerprint density at radius 2 is 2.29 bits per heavy atom. The van der Waals surface area contributed by atoms with Gasteiger partial charge < -0.3 is 10.1 Å². The highest BCUT2D eigenvalue weighted by Gasteiger charge is 2.29. The van der Waals surface area contributed by atoms with Crippen molar-refractivity contribution < 1.29 is 4.74 Å². The van der Waals surface area contributed by atoms with Crippen molar-refractivity contribution in [1.82, 2.24) is 20.5 Å². The molecule has 21 heavy (non-hydrogen) atoms. The highest BCUT2D eigenvalue weighted by Crippen LogP contribution is 2.35. The normalized spacial score (nSPS) is 15.7. The van der Waals surface area contributed by atoms with Crippen molar-refractivity contribution >= 4 is 0 Å². The van der Waals surface area contributed by atoms with Gasteiger partial charge in [0.05, 0.1) is 0 Å². The number of nitrogens with one attached hydrogen (secondary N) is 2. The fourth-order valence-corrected chi connectivity index (χ4v) is 2.74. The van der Waals surface area contributed by atoms with Gasteiger partial charge in [0.25, 0.3) is 0 Å². The van der Waals surface area contributed by atoms with Crippen molar-refractivity contribution in [1.29, 1.82) is 0 Å². The van der Waals surface area contributed by atoms with Gasteiger partial charge in [-0.3, -0.25) is 5.10 Å². The van der Waals surface area contributed by atoms with Crippen LogP contribution in [0.2, 0.25) is 0 Å². The topological polar surface area (TPSA) is 62.8 Å². The standard InChI is InChI=1S/C16H22N4O/c1-16(2)9-13-8-12(5-6-14(13)21-16)10-17-7-3-4-15-18-11-19-20-15/h5-6,8,11,17H,3-4,7,9-10H2,1-2H3,(H,18,19,20). The van der Waals surface area contributed by atoms with Crippen molar-refractivity contribution in [3.63, 3.8) is 0 Å². The lowest BCUT2D eigenvalue weighted by Gasteiger charge is -2.16. The highest BCUT2D eigenvalue weighted by atomic mass is 16.5. The van der Waals surface area contributed by atoms with E-state index in [-0.39, 0.29) is 5.60 Å². The van der Waals surface area contributed by atoms with E-state index >= 15 is 0 Å². The zero-order valence-electron chi connectivity index (χ0n) is 12.6. The molecule has 112 valence electrons. The summed E-state index contributed by atoms with van der Waals surface area (Å²) in [4.78, 5) is 4.12. The first-order valence-corrected chi connectivity index (χ1v) is 7.48. The molecule has 5 nitrogen and oxygen atoms in total. The number of nitrogens with zero attached hydrogens (tertiary/aromatic N) is 2. The summed E-state index contributed by atoms with van der Waals surface area (Å²) in [5.41, 5.74) is 2.57. The van der Waals surface area contributed by atoms with Crippen molar-refractivity contribution in [2.45, 2.75) is 45.3 Å². The Morgan fingerprint density at radius 3 is 3.10 bits per heavy atom. The Hall–Kier alpha value is -1.88. The van der Waals surface area contributed by atoms with E-state index < -0.39 is 0 Å². The maximum absolute atomic E-state index is 5.90. The van der Waals surface area contributed by atoms with E-state index in [9.17, 15) is 0 Å². The predicted octanol–water partition coefficient (Wildman–Crippen LogP) is 2.24. The molecule has 1 aromatic heterocycles. The first-order chi connectivity index (χ1) is 10.1. The number of aryl methyl sites for hydroxylation is 1. The summed E-state index contributed by atoms with van der Waals surface area (Å²) in [5, 5.41) is 10.2. The lowest BCUT2D eigenvalue weighted by molar-refractivity contribution is 0.138. The van der Waals surface area contributed by atoms with Crippen LogP contribution in [0.25, 0.3) is 0 Å². The van der Waals surface area contributed by atoms with Crippen LogP contribution in [0.4, 0.5) is 0 Å². The van der Waals surface area contributed by atoms with E-state index in [1.165, 1.54) is 11.1 Å². The summed E-state index contributed by atoms with van der Waals surface area (Å²) < 4.78 is 5.90. The Bertz CT molecular complexity index is 592. The Labute approximate surface area is 125 Å². The summed E-state index contributed by atoms with van der Waals surface area (Å²) in [7, 11) is 0. The molecule has 2 N–H and O–H groups in total. The molecule has 1 aliphatic heterocycles. The molecule has 0 fully saturated rings. The summed E-state index contributed by atoms with van der Waals surface area (Å²) in [6.45, 7) is 6.13. The van der Waals surface area contributed by atoms with Gasteiger partial charge in [-0.25, -0.2) is 4.98 Å². The summed E-state index contributed by atoms with van der Waals surface area (Å²) in [5.74, 6) is 1.99. The van der Waals surface area contributed by atoms with Gasteiger partial charge in [-0.05, 0) is 44.0 Å². The third kappa shape index (κ3) is 3.61. The zero-order valence-corrected chi connectivity index (χ0v) is 12.6. The van der Waals surface area contributed by atoms with Crippen molar-refractivity contribution in [2.75, 3.05) is 6.54 Å². The number of H-pyrrole nitrogens is 1. The second-order valence-electron chi connectivity index (χ2n) is 6.19. The quantitative estimate of drug-likeness (QED) is 0.799. The maximum Gasteiger partial charge on any atom is 0.137 e. The lowest BCUT2D eigenvalue weighted by Crippen LogP contribution is -2.24. The minimum absolute atomic E-state index is 0.0640. The van der Waals surface area contributed by atoms with Crippen LogP contribution >= 0.6 is 0 Å². The molecular weight excluding hydrogens is 264 g/mol. The average Bonchev–Trinajstić information content (AvgIpc) is 3.03. The smallest absolute Gasteiger partial charge is 0.137 e. The Balaban J connectivity index is 1.44. The van der Waals surface area contributed by atoms with Gasteiger partial charge in [0, 0.05) is 19.4 Å². The molecule has 0 amide bonds. The molecule has 0 radical (unpaired) electrons. The van der Waals surface area contributed by atoms with E-state index in [1.54, 1.807) is 6.33 Å². The Kier molecular flexibility index (Phi) is 3.92. The van der Waals surface area contributed by atoms with Gasteiger partial charge in [-0.2, -0.15) is 5.10 Å². The molecule has 0 unspecified atom stereocenters. The third-order valence-corrected chi connectivity index (χ3v) is 3.69. The number of aromatic amines is 1. The van der Waals surface area contributed by atoms with E-state index in [0.29, 0.717) is 0 Å². The second kappa shape index (κ2) is 5.85. The molecule has 0 saturated carbocycles. The van der Waals surface area contributed by atoms with Gasteiger partial charge in [0.1, 0.15) is 23.5 Å². The van der Waals surface area contributed by atoms with Crippen molar-refractivity contribution in [2.24, 2.45) is 0 Å². The molecule has 0 bridgehead atoms. The number of benzene rings is 1. The van der Waals surface area contributed by atoms with Crippen LogP contribution < -0.4 is 10.1 Å². The predicted molar refractivity (Wildman–Crippen MR) is 81.3 cm³/mol. The van der Waals surface area contributed by atoms with Crippen LogP contribution in [-0.2, 0) is 19.4 Å². The van der Waals surface area contributed by atoms with Gasteiger partial charge >= 0.3 is 0 Å². The fraction of sp³-hybridized carbons (Fsp3) is 0.500. The monoisotopic (exact) mass is 286 g/mol. The molecule has 0 aliphatic carbocycles. The highest BCUT2D eigenvalue weighted by molar-refractivity contribution is 5.41. The number of hydrogen-bond donors (Lipinski definition) is 2. The van der Waals surface area contributed by atoms with Crippen LogP contribution in [0, 0.1) is 0 Å². The maximum atomic E-state index is 5.90. The molecule has 5 heteroatoms. The zero-order chi connectivity index (χ0) is 14.7. The minimum atomic E-state index is -0.0640. The van der Waals surface area contributed by atoms with Crippen molar-refractivity contribution in [3.05, 3.63) is 41.5 Å². The number of hydrogen-bond acceptors (Lipinski definition) is 4. The largest absolute Gasteiger partial charge is 0.487 e. The van der Waals surface area contributed by atoms with Crippen molar-refractivity contribution in [3.8, 4) is 5.75 Å². The lowest BCUT2D eigenvalue weighted by atomic mass is 10.0. The first kappa shape index (κ1) is 14.1. The average molecular weight is 286 g/mol. The summed E-state index contributed by atoms with van der Waals surface area (Å²) in [6, 6.07) is 6.49. The van der Waals surface area contributed by atoms with Gasteiger partial charge in [0.2, 0.25) is 0 Å². The van der Waals surface area contributed by atoms with E-state index in [2.05, 4.69) is 52.5 Å². The molecule has 1 aliphatic rings. The Morgan fingerprint density at radius 1 is 1.38 bits per heavy atom. The molecule has 0 atom stereocenters. The van der Waals surface area contributed by atoms with Crippen LogP contribution in [0.5, 0.6) is 5.75 Å². The second-order valence-corrected chi connectivity index (χ2v) is 6.19. The van der Waals surface area contributed by atoms with Gasteiger partial charge in [-0.15, -0.1) is 0 Å². The number of aromatic nitrogens is 3. The fourth-order valence-electron chi connectivity index (χ4n) is 2.74. The minimum Gasteiger partial charge on any atom is -0.487 e. The molecular formula is C16H22N4O. The van der Waals surface area contributed by atoms with E-state index in [4.69, 9.17) is 4.74 Å². The molecule has 2 aromatic rings. The summed E-state index contributed by atoms with van der Waals surface area (Å²) in [6.07, 6.45) is 4.52.